The van der Waals surface area contributed by atoms with Gasteiger partial charge in [0.1, 0.15) is 6.04 Å². The summed E-state index contributed by atoms with van der Waals surface area (Å²) in [7, 11) is 0. The SMILES string of the molecule is CC(C)(C)CC(C)(C)N1CC=C[C@]23S[C@@H]4C=CCN(Cc5ccccc5)C(=O)[C@@H]4[C@H]2C(=O)N([C@@H](CO)Cc2ccccc2)C3C1=O. The first kappa shape index (κ1) is 32.6. The van der Waals surface area contributed by atoms with Crippen LogP contribution >= 0.6 is 11.8 Å². The van der Waals surface area contributed by atoms with Crippen LogP contribution in [0.5, 0.6) is 0 Å². The molecule has 4 heterocycles. The van der Waals surface area contributed by atoms with Crippen LogP contribution in [0.25, 0.3) is 0 Å². The van der Waals surface area contributed by atoms with Gasteiger partial charge in [0.2, 0.25) is 17.7 Å². The van der Waals surface area contributed by atoms with Crippen molar-refractivity contribution in [1.82, 2.24) is 14.7 Å². The number of carbonyl (C=O) groups is 3. The standard InChI is InChI=1S/C38H47N3O4S/c1-36(2,3)25-37(4,5)40-21-13-19-38-31(30-29(46-38)18-12-20-39(33(30)43)23-27-16-10-7-11-17-27)34(44)41(32(38)35(40)45)28(24-42)22-26-14-8-6-9-15-26/h6-19,28-32,42H,20-25H2,1-5H3/t28-,29-,30+,31+,32?,38+/m1/s1. The van der Waals surface area contributed by atoms with Gasteiger partial charge in [0.15, 0.2) is 0 Å². The molecule has 7 nitrogen and oxygen atoms in total. The molecule has 2 saturated heterocycles. The van der Waals surface area contributed by atoms with E-state index in [4.69, 9.17) is 0 Å². The molecule has 1 N–H and O–H groups in total. The quantitative estimate of drug-likeness (QED) is 0.406. The van der Waals surface area contributed by atoms with E-state index in [0.29, 0.717) is 26.1 Å². The predicted molar refractivity (Wildman–Crippen MR) is 183 cm³/mol. The van der Waals surface area contributed by atoms with E-state index in [-0.39, 0.29) is 35.0 Å². The molecule has 6 atom stereocenters. The van der Waals surface area contributed by atoms with Gasteiger partial charge in [-0.3, -0.25) is 14.4 Å². The van der Waals surface area contributed by atoms with Crippen molar-refractivity contribution in [1.29, 1.82) is 0 Å². The second kappa shape index (κ2) is 12.3. The monoisotopic (exact) mass is 641 g/mol. The van der Waals surface area contributed by atoms with Gasteiger partial charge < -0.3 is 19.8 Å². The number of rotatable bonds is 8. The highest BCUT2D eigenvalue weighted by Crippen LogP contribution is 2.61. The normalized spacial score (nSPS) is 28.6. The highest BCUT2D eigenvalue weighted by atomic mass is 32.2. The number of nitrogens with zero attached hydrogens (tertiary/aromatic N) is 3. The van der Waals surface area contributed by atoms with Crippen LogP contribution in [-0.4, -0.2) is 84.8 Å². The first-order valence-electron chi connectivity index (χ1n) is 16.5. The van der Waals surface area contributed by atoms with Crippen molar-refractivity contribution in [3.05, 3.63) is 96.1 Å². The number of hydrogen-bond acceptors (Lipinski definition) is 5. The first-order chi connectivity index (χ1) is 21.9. The van der Waals surface area contributed by atoms with Gasteiger partial charge in [0.25, 0.3) is 0 Å². The molecular weight excluding hydrogens is 595 g/mol. The van der Waals surface area contributed by atoms with E-state index in [1.807, 2.05) is 82.6 Å². The van der Waals surface area contributed by atoms with Crippen LogP contribution in [0, 0.1) is 17.3 Å². The van der Waals surface area contributed by atoms with Gasteiger partial charge in [-0.1, -0.05) is 106 Å². The molecular formula is C38H47N3O4S. The smallest absolute Gasteiger partial charge is 0.247 e. The number of likely N-dealkylation sites (tertiary alicyclic amines) is 1. The molecule has 1 unspecified atom stereocenters. The van der Waals surface area contributed by atoms with E-state index in [2.05, 4.69) is 46.8 Å². The maximum Gasteiger partial charge on any atom is 0.247 e. The summed E-state index contributed by atoms with van der Waals surface area (Å²) in [4.78, 5) is 50.0. The summed E-state index contributed by atoms with van der Waals surface area (Å²) in [5, 5.41) is 10.6. The van der Waals surface area contributed by atoms with Gasteiger partial charge in [-0.15, -0.1) is 11.8 Å². The zero-order valence-corrected chi connectivity index (χ0v) is 28.5. The molecule has 244 valence electrons. The summed E-state index contributed by atoms with van der Waals surface area (Å²) < 4.78 is -0.935. The molecule has 1 spiro atoms. The molecule has 2 fully saturated rings. The van der Waals surface area contributed by atoms with Crippen LogP contribution in [0.15, 0.2) is 85.0 Å². The zero-order chi connectivity index (χ0) is 32.9. The number of thioether (sulfide) groups is 1. The van der Waals surface area contributed by atoms with Crippen LogP contribution in [0.3, 0.4) is 0 Å². The number of benzene rings is 2. The van der Waals surface area contributed by atoms with E-state index in [9.17, 15) is 14.7 Å². The fourth-order valence-electron chi connectivity index (χ4n) is 8.54. The van der Waals surface area contributed by atoms with Crippen LogP contribution in [-0.2, 0) is 27.3 Å². The second-order valence-corrected chi connectivity index (χ2v) is 16.6. The van der Waals surface area contributed by atoms with Crippen molar-refractivity contribution < 1.29 is 19.5 Å². The molecule has 0 saturated carbocycles. The summed E-state index contributed by atoms with van der Waals surface area (Å²) in [6.45, 7) is 11.8. The van der Waals surface area contributed by atoms with Crippen molar-refractivity contribution in [2.45, 2.75) is 81.6 Å². The fourth-order valence-corrected chi connectivity index (χ4v) is 10.5. The lowest BCUT2D eigenvalue weighted by atomic mass is 9.77. The summed E-state index contributed by atoms with van der Waals surface area (Å²) in [6.07, 6.45) is 9.43. The third kappa shape index (κ3) is 5.83. The Labute approximate surface area is 277 Å². The average molecular weight is 642 g/mol. The van der Waals surface area contributed by atoms with Crippen LogP contribution in [0.1, 0.15) is 52.2 Å². The first-order valence-corrected chi connectivity index (χ1v) is 17.4. The topological polar surface area (TPSA) is 81.2 Å². The van der Waals surface area contributed by atoms with Gasteiger partial charge in [0, 0.05) is 30.4 Å². The largest absolute Gasteiger partial charge is 0.394 e. The summed E-state index contributed by atoms with van der Waals surface area (Å²) >= 11 is 1.59. The van der Waals surface area contributed by atoms with E-state index in [1.54, 1.807) is 16.7 Å². The Balaban J connectivity index is 1.43. The maximum absolute atomic E-state index is 15.1. The molecule has 0 bridgehead atoms. The minimum atomic E-state index is -0.935. The Kier molecular flexibility index (Phi) is 8.74. The number of aliphatic hydroxyl groups is 1. The zero-order valence-electron chi connectivity index (χ0n) is 27.6. The Morgan fingerprint density at radius 3 is 2.15 bits per heavy atom. The van der Waals surface area contributed by atoms with E-state index in [1.165, 1.54) is 0 Å². The lowest BCUT2D eigenvalue weighted by Crippen LogP contribution is -2.60. The van der Waals surface area contributed by atoms with E-state index in [0.717, 1.165) is 17.5 Å². The van der Waals surface area contributed by atoms with Gasteiger partial charge in [-0.2, -0.15) is 0 Å². The number of fused-ring (bicyclic) bond motifs is 2. The molecule has 0 radical (unpaired) electrons. The Morgan fingerprint density at radius 2 is 1.52 bits per heavy atom. The van der Waals surface area contributed by atoms with Crippen molar-refractivity contribution in [3.8, 4) is 0 Å². The van der Waals surface area contributed by atoms with Crippen molar-refractivity contribution in [3.63, 3.8) is 0 Å². The third-order valence-electron chi connectivity index (χ3n) is 10.0. The predicted octanol–water partition coefficient (Wildman–Crippen LogP) is 5.10. The van der Waals surface area contributed by atoms with E-state index < -0.39 is 34.2 Å². The van der Waals surface area contributed by atoms with Gasteiger partial charge >= 0.3 is 0 Å². The molecule has 0 aromatic heterocycles. The molecule has 0 aliphatic carbocycles. The summed E-state index contributed by atoms with van der Waals surface area (Å²) in [5.41, 5.74) is 1.50. The van der Waals surface area contributed by atoms with E-state index >= 15 is 4.79 Å². The highest BCUT2D eigenvalue weighted by Gasteiger charge is 2.72. The number of hydrogen-bond donors (Lipinski definition) is 1. The molecule has 8 heteroatoms. The molecule has 3 amide bonds. The molecule has 2 aromatic carbocycles. The second-order valence-electron chi connectivity index (χ2n) is 15.1. The fraction of sp³-hybridized carbons (Fsp3) is 0.500. The van der Waals surface area contributed by atoms with Gasteiger partial charge in [-0.05, 0) is 43.2 Å². The minimum absolute atomic E-state index is 0.0269. The highest BCUT2D eigenvalue weighted by molar-refractivity contribution is 8.02. The summed E-state index contributed by atoms with van der Waals surface area (Å²) in [5.74, 6) is -1.72. The number of carbonyl (C=O) groups excluding carboxylic acids is 3. The van der Waals surface area contributed by atoms with Crippen molar-refractivity contribution >= 4 is 29.5 Å². The van der Waals surface area contributed by atoms with Crippen LogP contribution in [0.2, 0.25) is 0 Å². The van der Waals surface area contributed by atoms with Crippen LogP contribution < -0.4 is 0 Å². The maximum atomic E-state index is 15.1. The molecule has 4 aliphatic rings. The molecule has 4 aliphatic heterocycles. The number of aliphatic hydroxyl groups excluding tert-OH is 1. The molecule has 2 aromatic rings. The van der Waals surface area contributed by atoms with Crippen molar-refractivity contribution in [2.24, 2.45) is 17.3 Å². The van der Waals surface area contributed by atoms with Crippen LogP contribution in [0.4, 0.5) is 0 Å². The van der Waals surface area contributed by atoms with Crippen molar-refractivity contribution in [2.75, 3.05) is 19.7 Å². The Hall–Kier alpha value is -3.36. The van der Waals surface area contributed by atoms with Gasteiger partial charge in [-0.25, -0.2) is 0 Å². The lowest BCUT2D eigenvalue weighted by molar-refractivity contribution is -0.149. The molecule has 46 heavy (non-hydrogen) atoms. The Morgan fingerprint density at radius 1 is 0.870 bits per heavy atom. The van der Waals surface area contributed by atoms with Gasteiger partial charge in [0.05, 0.1) is 29.2 Å². The minimum Gasteiger partial charge on any atom is -0.394 e. The summed E-state index contributed by atoms with van der Waals surface area (Å²) in [6, 6.07) is 18.3. The third-order valence-corrected chi connectivity index (χ3v) is 11.8. The molecule has 6 rings (SSSR count). The number of amides is 3. The lowest BCUT2D eigenvalue weighted by Gasteiger charge is -2.45. The average Bonchev–Trinajstić information content (AvgIpc) is 3.32. The Bertz CT molecular complexity index is 1520.